The molecule has 0 saturated carbocycles. The van der Waals surface area contributed by atoms with Gasteiger partial charge in [0, 0.05) is 29.4 Å². The van der Waals surface area contributed by atoms with Crippen molar-refractivity contribution in [3.05, 3.63) is 59.1 Å². The second-order valence-corrected chi connectivity index (χ2v) is 6.39. The van der Waals surface area contributed by atoms with E-state index < -0.39 is 17.7 Å². The maximum Gasteiger partial charge on any atom is 0.416 e. The third-order valence-electron chi connectivity index (χ3n) is 4.09. The Hall–Kier alpha value is -2.54. The lowest BCUT2D eigenvalue weighted by molar-refractivity contribution is -0.137. The van der Waals surface area contributed by atoms with Crippen molar-refractivity contribution in [2.75, 3.05) is 16.8 Å². The molecule has 0 aromatic heterocycles. The van der Waals surface area contributed by atoms with Gasteiger partial charge in [-0.3, -0.25) is 9.59 Å². The Balaban J connectivity index is 1.72. The number of rotatable bonds is 3. The summed E-state index contributed by atoms with van der Waals surface area (Å²) in [7, 11) is 0. The van der Waals surface area contributed by atoms with Gasteiger partial charge in [-0.05, 0) is 42.5 Å². The van der Waals surface area contributed by atoms with E-state index in [1.54, 1.807) is 24.3 Å². The van der Waals surface area contributed by atoms with Crippen LogP contribution in [0.5, 0.6) is 0 Å². The Morgan fingerprint density at radius 1 is 1.15 bits per heavy atom. The molecule has 8 heteroatoms. The molecule has 1 fully saturated rings. The first-order valence-corrected chi connectivity index (χ1v) is 8.16. The van der Waals surface area contributed by atoms with Crippen molar-refractivity contribution in [1.29, 1.82) is 0 Å². The van der Waals surface area contributed by atoms with Gasteiger partial charge in [-0.1, -0.05) is 17.7 Å². The van der Waals surface area contributed by atoms with Gasteiger partial charge in [-0.15, -0.1) is 0 Å². The van der Waals surface area contributed by atoms with Crippen LogP contribution >= 0.6 is 11.6 Å². The van der Waals surface area contributed by atoms with Crippen LogP contribution in [0.3, 0.4) is 0 Å². The van der Waals surface area contributed by atoms with E-state index in [4.69, 9.17) is 11.6 Å². The highest BCUT2D eigenvalue weighted by Crippen LogP contribution is 2.33. The first kappa shape index (κ1) is 18.3. The number of carbonyl (C=O) groups excluding carboxylic acids is 2. The summed E-state index contributed by atoms with van der Waals surface area (Å²) in [6, 6.07) is 11.0. The molecule has 2 aromatic carbocycles. The maximum atomic E-state index is 12.9. The largest absolute Gasteiger partial charge is 0.416 e. The summed E-state index contributed by atoms with van der Waals surface area (Å²) >= 11 is 5.78. The standard InChI is InChI=1S/C18H14ClF3N2O2/c19-13-4-6-14(7-5-13)23-17(26)11-8-16(25)24(10-11)15-3-1-2-12(9-15)18(20,21)22/h1-7,9,11H,8,10H2,(H,23,26)/t11-/m1/s1. The Kier molecular flexibility index (Phi) is 4.91. The van der Waals surface area contributed by atoms with Gasteiger partial charge in [0.1, 0.15) is 0 Å². The van der Waals surface area contributed by atoms with Crippen LogP contribution in [-0.2, 0) is 15.8 Å². The van der Waals surface area contributed by atoms with Gasteiger partial charge in [0.15, 0.2) is 0 Å². The van der Waals surface area contributed by atoms with E-state index in [-0.39, 0.29) is 30.5 Å². The zero-order chi connectivity index (χ0) is 18.9. The van der Waals surface area contributed by atoms with E-state index in [0.29, 0.717) is 10.7 Å². The molecule has 136 valence electrons. The monoisotopic (exact) mass is 382 g/mol. The molecule has 1 aliphatic rings. The second-order valence-electron chi connectivity index (χ2n) is 5.95. The van der Waals surface area contributed by atoms with E-state index >= 15 is 0 Å². The van der Waals surface area contributed by atoms with Crippen LogP contribution in [0.25, 0.3) is 0 Å². The molecule has 1 saturated heterocycles. The Morgan fingerprint density at radius 2 is 1.85 bits per heavy atom. The van der Waals surface area contributed by atoms with Crippen molar-refractivity contribution >= 4 is 34.8 Å². The topological polar surface area (TPSA) is 49.4 Å². The molecule has 2 aromatic rings. The molecule has 0 unspecified atom stereocenters. The zero-order valence-corrected chi connectivity index (χ0v) is 14.1. The predicted octanol–water partition coefficient (Wildman–Crippen LogP) is 4.35. The van der Waals surface area contributed by atoms with E-state index in [0.717, 1.165) is 12.1 Å². The summed E-state index contributed by atoms with van der Waals surface area (Å²) in [4.78, 5) is 25.7. The predicted molar refractivity (Wildman–Crippen MR) is 92.0 cm³/mol. The van der Waals surface area contributed by atoms with Crippen molar-refractivity contribution in [1.82, 2.24) is 0 Å². The fourth-order valence-corrected chi connectivity index (χ4v) is 2.89. The van der Waals surface area contributed by atoms with Gasteiger partial charge < -0.3 is 10.2 Å². The number of amides is 2. The molecule has 0 spiro atoms. The van der Waals surface area contributed by atoms with E-state index in [1.807, 2.05) is 0 Å². The van der Waals surface area contributed by atoms with Crippen LogP contribution in [0.4, 0.5) is 24.5 Å². The number of nitrogens with one attached hydrogen (secondary N) is 1. The highest BCUT2D eigenvalue weighted by Gasteiger charge is 2.36. The first-order valence-electron chi connectivity index (χ1n) is 7.78. The first-order chi connectivity index (χ1) is 12.2. The molecule has 0 aliphatic carbocycles. The normalized spacial score (nSPS) is 17.5. The highest BCUT2D eigenvalue weighted by molar-refractivity contribution is 6.30. The van der Waals surface area contributed by atoms with Gasteiger partial charge in [0.05, 0.1) is 11.5 Å². The van der Waals surface area contributed by atoms with Crippen LogP contribution in [0.1, 0.15) is 12.0 Å². The molecule has 26 heavy (non-hydrogen) atoms. The lowest BCUT2D eigenvalue weighted by Gasteiger charge is -2.18. The number of benzene rings is 2. The van der Waals surface area contributed by atoms with E-state index in [1.165, 1.54) is 17.0 Å². The summed E-state index contributed by atoms with van der Waals surface area (Å²) in [6.45, 7) is 0.0273. The smallest absolute Gasteiger partial charge is 0.326 e. The average Bonchev–Trinajstić information content (AvgIpc) is 2.98. The summed E-state index contributed by atoms with van der Waals surface area (Å²) in [6.07, 6.45) is -4.56. The fourth-order valence-electron chi connectivity index (χ4n) is 2.76. The van der Waals surface area contributed by atoms with Crippen LogP contribution in [0, 0.1) is 5.92 Å². The molecule has 1 heterocycles. The number of halogens is 4. The minimum Gasteiger partial charge on any atom is -0.326 e. The lowest BCUT2D eigenvalue weighted by atomic mass is 10.1. The second kappa shape index (κ2) is 6.99. The molecule has 2 amide bonds. The molecule has 1 atom stereocenters. The molecule has 3 rings (SSSR count). The Labute approximate surface area is 152 Å². The van der Waals surface area contributed by atoms with Gasteiger partial charge in [-0.25, -0.2) is 0 Å². The number of hydrogen-bond donors (Lipinski definition) is 1. The minimum atomic E-state index is -4.50. The van der Waals surface area contributed by atoms with Crippen LogP contribution in [0.2, 0.25) is 5.02 Å². The van der Waals surface area contributed by atoms with Crippen molar-refractivity contribution in [3.8, 4) is 0 Å². The number of alkyl halides is 3. The minimum absolute atomic E-state index is 0.0273. The zero-order valence-electron chi connectivity index (χ0n) is 13.4. The molecular formula is C18H14ClF3N2O2. The lowest BCUT2D eigenvalue weighted by Crippen LogP contribution is -2.28. The summed E-state index contributed by atoms with van der Waals surface area (Å²) in [5, 5.41) is 3.21. The molecule has 4 nitrogen and oxygen atoms in total. The number of nitrogens with zero attached hydrogens (tertiary/aromatic N) is 1. The number of hydrogen-bond acceptors (Lipinski definition) is 2. The third kappa shape index (κ3) is 3.99. The molecule has 0 radical (unpaired) electrons. The summed E-state index contributed by atoms with van der Waals surface area (Å²) in [5.41, 5.74) is -0.173. The summed E-state index contributed by atoms with van der Waals surface area (Å²) in [5.74, 6) is -1.40. The molecule has 1 N–H and O–H groups in total. The quantitative estimate of drug-likeness (QED) is 0.858. The van der Waals surface area contributed by atoms with Crippen LogP contribution < -0.4 is 10.2 Å². The number of carbonyl (C=O) groups is 2. The van der Waals surface area contributed by atoms with E-state index in [2.05, 4.69) is 5.32 Å². The van der Waals surface area contributed by atoms with Crippen LogP contribution in [0.15, 0.2) is 48.5 Å². The van der Waals surface area contributed by atoms with E-state index in [9.17, 15) is 22.8 Å². The van der Waals surface area contributed by atoms with Crippen molar-refractivity contribution in [2.24, 2.45) is 5.92 Å². The van der Waals surface area contributed by atoms with Gasteiger partial charge in [0.2, 0.25) is 11.8 Å². The number of anilines is 2. The van der Waals surface area contributed by atoms with Gasteiger partial charge in [-0.2, -0.15) is 13.2 Å². The SMILES string of the molecule is O=C(Nc1ccc(Cl)cc1)[C@@H]1CC(=O)N(c2cccc(C(F)(F)F)c2)C1. The summed E-state index contributed by atoms with van der Waals surface area (Å²) < 4.78 is 38.6. The van der Waals surface area contributed by atoms with Gasteiger partial charge >= 0.3 is 6.18 Å². The van der Waals surface area contributed by atoms with Crippen LogP contribution in [-0.4, -0.2) is 18.4 Å². The highest BCUT2D eigenvalue weighted by atomic mass is 35.5. The maximum absolute atomic E-state index is 12.9. The fraction of sp³-hybridized carbons (Fsp3) is 0.222. The van der Waals surface area contributed by atoms with Gasteiger partial charge in [0.25, 0.3) is 0 Å². The average molecular weight is 383 g/mol. The van der Waals surface area contributed by atoms with Crippen molar-refractivity contribution in [3.63, 3.8) is 0 Å². The molecular weight excluding hydrogens is 369 g/mol. The van der Waals surface area contributed by atoms with Crippen molar-refractivity contribution < 1.29 is 22.8 Å². The molecule has 0 bridgehead atoms. The van der Waals surface area contributed by atoms with Crippen molar-refractivity contribution in [2.45, 2.75) is 12.6 Å². The molecule has 1 aliphatic heterocycles. The Bertz CT molecular complexity index is 837. The Morgan fingerprint density at radius 3 is 2.50 bits per heavy atom. The third-order valence-corrected chi connectivity index (χ3v) is 4.34.